The van der Waals surface area contributed by atoms with Gasteiger partial charge in [-0.15, -0.1) is 0 Å². The highest BCUT2D eigenvalue weighted by Crippen LogP contribution is 2.43. The molecule has 160 valence electrons. The fourth-order valence-corrected chi connectivity index (χ4v) is 3.10. The number of rotatable bonds is 13. The van der Waals surface area contributed by atoms with Gasteiger partial charge in [-0.2, -0.15) is 0 Å². The topological polar surface area (TPSA) is 54.0 Å². The van der Waals surface area contributed by atoms with Crippen molar-refractivity contribution in [3.63, 3.8) is 0 Å². The molecule has 1 aromatic carbocycles. The van der Waals surface area contributed by atoms with Gasteiger partial charge < -0.3 is 18.9 Å². The van der Waals surface area contributed by atoms with Gasteiger partial charge in [-0.1, -0.05) is 40.0 Å². The van der Waals surface area contributed by atoms with Gasteiger partial charge in [0.2, 0.25) is 5.75 Å². The van der Waals surface area contributed by atoms with E-state index in [9.17, 15) is 4.79 Å². The molecular weight excluding hydrogens is 356 g/mol. The molecule has 0 bridgehead atoms. The first kappa shape index (κ1) is 24.1. The van der Waals surface area contributed by atoms with Crippen LogP contribution in [0.1, 0.15) is 87.0 Å². The Balaban J connectivity index is 3.35. The number of esters is 1. The molecule has 0 spiro atoms. The van der Waals surface area contributed by atoms with Gasteiger partial charge in [0.05, 0.1) is 18.3 Å². The van der Waals surface area contributed by atoms with Crippen LogP contribution in [0.25, 0.3) is 0 Å². The highest BCUT2D eigenvalue weighted by atomic mass is 16.6. The van der Waals surface area contributed by atoms with Crippen molar-refractivity contribution in [1.82, 2.24) is 0 Å². The molecule has 0 aliphatic heterocycles. The van der Waals surface area contributed by atoms with E-state index in [0.717, 1.165) is 38.5 Å². The Bertz CT molecular complexity index is 564. The van der Waals surface area contributed by atoms with Crippen LogP contribution in [-0.2, 0) is 4.79 Å². The minimum absolute atomic E-state index is 0.0160. The van der Waals surface area contributed by atoms with E-state index < -0.39 is 0 Å². The average molecular weight is 395 g/mol. The Labute approximate surface area is 170 Å². The number of carbonyl (C=O) groups excluding carboxylic acids is 1. The Hall–Kier alpha value is -1.91. The largest absolute Gasteiger partial charge is 0.487 e. The van der Waals surface area contributed by atoms with Crippen molar-refractivity contribution in [2.45, 2.75) is 105 Å². The van der Waals surface area contributed by atoms with Crippen LogP contribution in [0.5, 0.6) is 23.0 Å². The first-order valence-corrected chi connectivity index (χ1v) is 10.7. The van der Waals surface area contributed by atoms with Crippen molar-refractivity contribution >= 4 is 5.97 Å². The minimum Gasteiger partial charge on any atom is -0.487 e. The number of carbonyl (C=O) groups is 1. The Kier molecular flexibility index (Phi) is 10.8. The lowest BCUT2D eigenvalue weighted by Crippen LogP contribution is -2.18. The van der Waals surface area contributed by atoms with Crippen LogP contribution in [0, 0.1) is 0 Å². The molecule has 5 heteroatoms. The van der Waals surface area contributed by atoms with Gasteiger partial charge in [0, 0.05) is 19.1 Å². The molecular formula is C23H38O5. The third-order valence-corrected chi connectivity index (χ3v) is 4.32. The highest BCUT2D eigenvalue weighted by Gasteiger charge is 2.22. The zero-order valence-corrected chi connectivity index (χ0v) is 18.7. The molecule has 5 nitrogen and oxygen atoms in total. The van der Waals surface area contributed by atoms with E-state index in [4.69, 9.17) is 18.9 Å². The van der Waals surface area contributed by atoms with Gasteiger partial charge in [-0.25, -0.2) is 0 Å². The lowest BCUT2D eigenvalue weighted by Gasteiger charge is -2.24. The predicted molar refractivity (Wildman–Crippen MR) is 113 cm³/mol. The fourth-order valence-electron chi connectivity index (χ4n) is 3.10. The van der Waals surface area contributed by atoms with E-state index in [0.29, 0.717) is 23.0 Å². The van der Waals surface area contributed by atoms with E-state index >= 15 is 0 Å². The number of hydrogen-bond acceptors (Lipinski definition) is 5. The summed E-state index contributed by atoms with van der Waals surface area (Å²) in [5.41, 5.74) is 0. The van der Waals surface area contributed by atoms with Gasteiger partial charge in [0.25, 0.3) is 0 Å². The summed E-state index contributed by atoms with van der Waals surface area (Å²) in [6.07, 6.45) is 5.89. The number of benzene rings is 1. The second-order valence-corrected chi connectivity index (χ2v) is 7.49. The molecule has 3 unspecified atom stereocenters. The van der Waals surface area contributed by atoms with Gasteiger partial charge in [-0.05, 0) is 40.0 Å². The van der Waals surface area contributed by atoms with Gasteiger partial charge in [0.15, 0.2) is 11.5 Å². The molecule has 0 N–H and O–H groups in total. The summed E-state index contributed by atoms with van der Waals surface area (Å²) in [6.45, 7) is 13.9. The third-order valence-electron chi connectivity index (χ3n) is 4.32. The Morgan fingerprint density at radius 3 is 1.54 bits per heavy atom. The lowest BCUT2D eigenvalue weighted by atomic mass is 10.2. The summed E-state index contributed by atoms with van der Waals surface area (Å²) in [6, 6.07) is 3.44. The maximum Gasteiger partial charge on any atom is 0.308 e. The summed E-state index contributed by atoms with van der Waals surface area (Å²) in [5, 5.41) is 0. The smallest absolute Gasteiger partial charge is 0.308 e. The standard InChI is InChI=1S/C23H38O5/c1-8-11-16(4)25-21-14-20(28-19(7)24)15-22(26-17(5)12-9-2)23(21)27-18(6)13-10-3/h14-18H,8-13H2,1-7H3. The molecule has 0 saturated carbocycles. The molecule has 0 amide bonds. The summed E-state index contributed by atoms with van der Waals surface area (Å²) in [7, 11) is 0. The summed E-state index contributed by atoms with van der Waals surface area (Å²) in [5.74, 6) is 1.72. The molecule has 0 heterocycles. The average Bonchev–Trinajstić information content (AvgIpc) is 2.58. The molecule has 0 aliphatic rings. The third kappa shape index (κ3) is 8.41. The molecule has 0 radical (unpaired) electrons. The van der Waals surface area contributed by atoms with Crippen molar-refractivity contribution < 1.29 is 23.7 Å². The zero-order valence-electron chi connectivity index (χ0n) is 18.7. The van der Waals surface area contributed by atoms with Gasteiger partial charge in [0.1, 0.15) is 5.75 Å². The van der Waals surface area contributed by atoms with E-state index in [1.807, 2.05) is 20.8 Å². The van der Waals surface area contributed by atoms with Crippen molar-refractivity contribution in [3.05, 3.63) is 12.1 Å². The molecule has 0 aliphatic carbocycles. The number of ether oxygens (including phenoxy) is 4. The maximum atomic E-state index is 11.5. The van der Waals surface area contributed by atoms with Crippen LogP contribution >= 0.6 is 0 Å². The molecule has 3 atom stereocenters. The van der Waals surface area contributed by atoms with Crippen molar-refractivity contribution in [3.8, 4) is 23.0 Å². The highest BCUT2D eigenvalue weighted by molar-refractivity contribution is 5.70. The van der Waals surface area contributed by atoms with Crippen LogP contribution in [-0.4, -0.2) is 24.3 Å². The van der Waals surface area contributed by atoms with Crippen molar-refractivity contribution in [1.29, 1.82) is 0 Å². The fraction of sp³-hybridized carbons (Fsp3) is 0.696. The Morgan fingerprint density at radius 2 is 1.18 bits per heavy atom. The van der Waals surface area contributed by atoms with Gasteiger partial charge >= 0.3 is 5.97 Å². The normalized spacial score (nSPS) is 14.1. The molecule has 0 fully saturated rings. The second-order valence-electron chi connectivity index (χ2n) is 7.49. The monoisotopic (exact) mass is 394 g/mol. The predicted octanol–water partition coefficient (Wildman–Crippen LogP) is 6.31. The first-order valence-electron chi connectivity index (χ1n) is 10.7. The second kappa shape index (κ2) is 12.5. The van der Waals surface area contributed by atoms with Crippen LogP contribution < -0.4 is 18.9 Å². The van der Waals surface area contributed by atoms with E-state index in [2.05, 4.69) is 20.8 Å². The van der Waals surface area contributed by atoms with Crippen molar-refractivity contribution in [2.75, 3.05) is 0 Å². The summed E-state index contributed by atoms with van der Waals surface area (Å²) >= 11 is 0. The summed E-state index contributed by atoms with van der Waals surface area (Å²) < 4.78 is 23.9. The molecule has 28 heavy (non-hydrogen) atoms. The number of hydrogen-bond donors (Lipinski definition) is 0. The molecule has 0 aromatic heterocycles. The SMILES string of the molecule is CCCC(C)Oc1cc(OC(C)=O)cc(OC(C)CCC)c1OC(C)CCC. The zero-order chi connectivity index (χ0) is 21.1. The van der Waals surface area contributed by atoms with Gasteiger partial charge in [-0.3, -0.25) is 4.79 Å². The van der Waals surface area contributed by atoms with Crippen LogP contribution in [0.15, 0.2) is 12.1 Å². The quantitative estimate of drug-likeness (QED) is 0.290. The van der Waals surface area contributed by atoms with E-state index in [1.54, 1.807) is 12.1 Å². The van der Waals surface area contributed by atoms with Crippen LogP contribution in [0.4, 0.5) is 0 Å². The van der Waals surface area contributed by atoms with E-state index in [-0.39, 0.29) is 24.3 Å². The lowest BCUT2D eigenvalue weighted by molar-refractivity contribution is -0.131. The molecule has 1 rings (SSSR count). The van der Waals surface area contributed by atoms with Crippen LogP contribution in [0.3, 0.4) is 0 Å². The van der Waals surface area contributed by atoms with Crippen molar-refractivity contribution in [2.24, 2.45) is 0 Å². The summed E-state index contributed by atoms with van der Waals surface area (Å²) in [4.78, 5) is 11.5. The minimum atomic E-state index is -0.381. The maximum absolute atomic E-state index is 11.5. The Morgan fingerprint density at radius 1 is 0.786 bits per heavy atom. The van der Waals surface area contributed by atoms with E-state index in [1.165, 1.54) is 6.92 Å². The molecule has 1 aromatic rings. The first-order chi connectivity index (χ1) is 13.3. The molecule has 0 saturated heterocycles. The van der Waals surface area contributed by atoms with Crippen LogP contribution in [0.2, 0.25) is 0 Å².